The van der Waals surface area contributed by atoms with E-state index in [2.05, 4.69) is 15.3 Å². The molecule has 0 aliphatic carbocycles. The lowest BCUT2D eigenvalue weighted by Gasteiger charge is -2.19. The lowest BCUT2D eigenvalue weighted by atomic mass is 9.95. The fourth-order valence-electron chi connectivity index (χ4n) is 1.77. The van der Waals surface area contributed by atoms with E-state index in [-0.39, 0.29) is 17.1 Å². The Morgan fingerprint density at radius 1 is 1.30 bits per heavy atom. The summed E-state index contributed by atoms with van der Waals surface area (Å²) in [5.74, 6) is -0.246. The van der Waals surface area contributed by atoms with E-state index in [1.165, 1.54) is 12.4 Å². The van der Waals surface area contributed by atoms with Gasteiger partial charge in [-0.05, 0) is 5.56 Å². The summed E-state index contributed by atoms with van der Waals surface area (Å²) in [6.45, 7) is 1.77. The Morgan fingerprint density at radius 2 is 2.00 bits per heavy atom. The van der Waals surface area contributed by atoms with Gasteiger partial charge in [0.2, 0.25) is 5.91 Å². The molecule has 0 saturated heterocycles. The first-order valence-corrected chi connectivity index (χ1v) is 6.54. The Hall–Kier alpha value is -1.98. The van der Waals surface area contributed by atoms with Crippen molar-refractivity contribution in [2.45, 2.75) is 13.0 Å². The van der Waals surface area contributed by atoms with Crippen molar-refractivity contribution in [2.75, 3.05) is 5.32 Å². The van der Waals surface area contributed by atoms with E-state index < -0.39 is 5.92 Å². The molecule has 2 aromatic rings. The first-order valence-electron chi connectivity index (χ1n) is 6.17. The lowest BCUT2D eigenvalue weighted by molar-refractivity contribution is -0.120. The number of benzene rings is 1. The van der Waals surface area contributed by atoms with Gasteiger partial charge in [0, 0.05) is 12.1 Å². The number of carbonyl (C=O) groups excluding carboxylic acids is 1. The second-order valence-corrected chi connectivity index (χ2v) is 4.83. The highest BCUT2D eigenvalue weighted by Gasteiger charge is 2.22. The van der Waals surface area contributed by atoms with Crippen LogP contribution in [0.1, 0.15) is 18.5 Å². The van der Waals surface area contributed by atoms with Crippen LogP contribution in [0.4, 0.5) is 5.82 Å². The summed E-state index contributed by atoms with van der Waals surface area (Å²) in [5.41, 5.74) is 7.02. The summed E-state index contributed by atoms with van der Waals surface area (Å²) in [5, 5.41) is 2.95. The van der Waals surface area contributed by atoms with Gasteiger partial charge in [0.25, 0.3) is 0 Å². The molecule has 0 saturated carbocycles. The molecule has 104 valence electrons. The van der Waals surface area contributed by atoms with Gasteiger partial charge in [0.05, 0.1) is 5.92 Å². The van der Waals surface area contributed by atoms with Gasteiger partial charge in [0.1, 0.15) is 17.3 Å². The van der Waals surface area contributed by atoms with Crippen LogP contribution in [0, 0.1) is 5.92 Å². The Bertz CT molecular complexity index is 591. The predicted molar refractivity (Wildman–Crippen MR) is 78.2 cm³/mol. The van der Waals surface area contributed by atoms with Crippen LogP contribution >= 0.6 is 11.6 Å². The largest absolute Gasteiger partial charge is 0.323 e. The predicted octanol–water partition coefficient (Wildman–Crippen LogP) is 2.40. The van der Waals surface area contributed by atoms with Crippen molar-refractivity contribution in [2.24, 2.45) is 11.7 Å². The summed E-state index contributed by atoms with van der Waals surface area (Å²) in [7, 11) is 0. The number of hydrogen-bond donors (Lipinski definition) is 2. The van der Waals surface area contributed by atoms with Gasteiger partial charge in [-0.15, -0.1) is 0 Å². The minimum absolute atomic E-state index is 0.212. The average Bonchev–Trinajstić information content (AvgIpc) is 2.46. The SMILES string of the molecule is CC(C(=O)Nc1cc(Cl)ncn1)C(N)c1ccccc1. The number of hydrogen-bond acceptors (Lipinski definition) is 4. The number of nitrogens with one attached hydrogen (secondary N) is 1. The van der Waals surface area contributed by atoms with Crippen molar-refractivity contribution >= 4 is 23.3 Å². The van der Waals surface area contributed by atoms with Crippen LogP contribution in [-0.4, -0.2) is 15.9 Å². The van der Waals surface area contributed by atoms with Crippen molar-refractivity contribution in [3.8, 4) is 0 Å². The van der Waals surface area contributed by atoms with Gasteiger partial charge in [-0.25, -0.2) is 9.97 Å². The van der Waals surface area contributed by atoms with Crippen molar-refractivity contribution in [3.05, 3.63) is 53.4 Å². The molecule has 0 bridgehead atoms. The number of amides is 1. The first-order chi connectivity index (χ1) is 9.58. The number of halogens is 1. The summed E-state index contributed by atoms with van der Waals surface area (Å²) in [6, 6.07) is 10.6. The Kier molecular flexibility index (Phi) is 4.65. The number of anilines is 1. The van der Waals surface area contributed by atoms with Crippen molar-refractivity contribution in [1.82, 2.24) is 9.97 Å². The molecule has 20 heavy (non-hydrogen) atoms. The highest BCUT2D eigenvalue weighted by Crippen LogP contribution is 2.20. The van der Waals surface area contributed by atoms with Crippen LogP contribution in [0.3, 0.4) is 0 Å². The van der Waals surface area contributed by atoms with E-state index in [4.69, 9.17) is 17.3 Å². The van der Waals surface area contributed by atoms with Crippen LogP contribution in [0.2, 0.25) is 5.15 Å². The molecular formula is C14H15ClN4O. The van der Waals surface area contributed by atoms with Gasteiger partial charge in [-0.2, -0.15) is 0 Å². The summed E-state index contributed by atoms with van der Waals surface area (Å²) in [6.07, 6.45) is 1.29. The van der Waals surface area contributed by atoms with E-state index >= 15 is 0 Å². The molecule has 0 aliphatic rings. The molecule has 1 heterocycles. The molecule has 1 aromatic carbocycles. The molecule has 2 unspecified atom stereocenters. The number of nitrogens with zero attached hydrogens (tertiary/aromatic N) is 2. The third kappa shape index (κ3) is 3.53. The standard InChI is InChI=1S/C14H15ClN4O/c1-9(13(16)10-5-3-2-4-6-10)14(20)19-12-7-11(15)17-8-18-12/h2-9,13H,16H2,1H3,(H,17,18,19,20). The monoisotopic (exact) mass is 290 g/mol. The zero-order chi connectivity index (χ0) is 14.5. The highest BCUT2D eigenvalue weighted by molar-refractivity contribution is 6.29. The van der Waals surface area contributed by atoms with Crippen LogP contribution in [0.25, 0.3) is 0 Å². The first kappa shape index (κ1) is 14.4. The number of carbonyl (C=O) groups is 1. The van der Waals surface area contributed by atoms with Crippen molar-refractivity contribution < 1.29 is 4.79 Å². The third-order valence-corrected chi connectivity index (χ3v) is 3.23. The molecule has 0 spiro atoms. The second-order valence-electron chi connectivity index (χ2n) is 4.44. The van der Waals surface area contributed by atoms with Gasteiger partial charge >= 0.3 is 0 Å². The van der Waals surface area contributed by atoms with Gasteiger partial charge in [-0.3, -0.25) is 4.79 Å². The quantitative estimate of drug-likeness (QED) is 0.847. The maximum Gasteiger partial charge on any atom is 0.230 e. The number of rotatable bonds is 4. The molecule has 2 rings (SSSR count). The van der Waals surface area contributed by atoms with E-state index in [0.29, 0.717) is 5.82 Å². The molecule has 0 radical (unpaired) electrons. The van der Waals surface area contributed by atoms with E-state index in [9.17, 15) is 4.79 Å². The summed E-state index contributed by atoms with van der Waals surface area (Å²) < 4.78 is 0. The topological polar surface area (TPSA) is 80.9 Å². The molecule has 2 atom stereocenters. The molecule has 1 aromatic heterocycles. The van der Waals surface area contributed by atoms with Crippen molar-refractivity contribution in [1.29, 1.82) is 0 Å². The van der Waals surface area contributed by atoms with E-state index in [1.54, 1.807) is 6.92 Å². The third-order valence-electron chi connectivity index (χ3n) is 3.02. The number of aromatic nitrogens is 2. The molecule has 0 fully saturated rings. The average molecular weight is 291 g/mol. The number of nitrogens with two attached hydrogens (primary N) is 1. The zero-order valence-corrected chi connectivity index (χ0v) is 11.7. The minimum Gasteiger partial charge on any atom is -0.323 e. The zero-order valence-electron chi connectivity index (χ0n) is 11.0. The fraction of sp³-hybridized carbons (Fsp3) is 0.214. The van der Waals surface area contributed by atoms with Crippen LogP contribution < -0.4 is 11.1 Å². The lowest BCUT2D eigenvalue weighted by Crippen LogP contribution is -2.30. The maximum absolute atomic E-state index is 12.1. The van der Waals surface area contributed by atoms with Gasteiger partial charge in [0.15, 0.2) is 0 Å². The van der Waals surface area contributed by atoms with Crippen LogP contribution in [-0.2, 0) is 4.79 Å². The van der Waals surface area contributed by atoms with E-state index in [0.717, 1.165) is 5.56 Å². The van der Waals surface area contributed by atoms with E-state index in [1.807, 2.05) is 30.3 Å². The molecule has 1 amide bonds. The van der Waals surface area contributed by atoms with Crippen LogP contribution in [0.5, 0.6) is 0 Å². The van der Waals surface area contributed by atoms with Gasteiger partial charge < -0.3 is 11.1 Å². The normalized spacial score (nSPS) is 13.6. The molecule has 3 N–H and O–H groups in total. The van der Waals surface area contributed by atoms with Crippen molar-refractivity contribution in [3.63, 3.8) is 0 Å². The Morgan fingerprint density at radius 3 is 2.65 bits per heavy atom. The van der Waals surface area contributed by atoms with Gasteiger partial charge in [-0.1, -0.05) is 48.9 Å². The molecule has 6 heteroatoms. The fourth-order valence-corrected chi connectivity index (χ4v) is 1.92. The molecular weight excluding hydrogens is 276 g/mol. The smallest absolute Gasteiger partial charge is 0.230 e. The Labute approximate surface area is 122 Å². The second kappa shape index (κ2) is 6.45. The Balaban J connectivity index is 2.05. The summed E-state index contributed by atoms with van der Waals surface area (Å²) in [4.78, 5) is 19.8. The molecule has 5 nitrogen and oxygen atoms in total. The van der Waals surface area contributed by atoms with Crippen LogP contribution in [0.15, 0.2) is 42.7 Å². The minimum atomic E-state index is -0.397. The summed E-state index contributed by atoms with van der Waals surface area (Å²) >= 11 is 5.74. The highest BCUT2D eigenvalue weighted by atomic mass is 35.5. The molecule has 0 aliphatic heterocycles. The maximum atomic E-state index is 12.1.